The van der Waals surface area contributed by atoms with E-state index in [1.165, 1.54) is 16.7 Å². The van der Waals surface area contributed by atoms with Crippen molar-refractivity contribution in [2.24, 2.45) is 0 Å². The smallest absolute Gasteiger partial charge is 0.327 e. The maximum absolute atomic E-state index is 12.2. The normalized spacial score (nSPS) is 35.1. The van der Waals surface area contributed by atoms with Gasteiger partial charge in [-0.15, -0.1) is 11.8 Å². The first kappa shape index (κ1) is 14.6. The third kappa shape index (κ3) is 3.42. The molecule has 2 aliphatic heterocycles. The number of carbonyl (C=O) groups excluding carboxylic acids is 1. The van der Waals surface area contributed by atoms with Gasteiger partial charge in [0, 0.05) is 34.1 Å². The van der Waals surface area contributed by atoms with E-state index in [2.05, 4.69) is 5.32 Å². The van der Waals surface area contributed by atoms with Crippen molar-refractivity contribution < 1.29 is 18.9 Å². The summed E-state index contributed by atoms with van der Waals surface area (Å²) in [6.45, 7) is 1.84. The molecule has 0 saturated carbocycles. The lowest BCUT2D eigenvalue weighted by molar-refractivity contribution is -0.141. The number of carbonyl (C=O) groups is 2. The number of nitrogens with zero attached hydrogens (tertiary/aromatic N) is 1. The molecule has 2 amide bonds. The van der Waals surface area contributed by atoms with E-state index in [-0.39, 0.29) is 17.4 Å². The number of amides is 2. The Kier molecular flexibility index (Phi) is 4.72. The quantitative estimate of drug-likeness (QED) is 0.774. The number of hydrogen-bond donors (Lipinski definition) is 2. The van der Waals surface area contributed by atoms with Crippen molar-refractivity contribution in [1.29, 1.82) is 0 Å². The highest BCUT2D eigenvalue weighted by Crippen LogP contribution is 2.29. The van der Waals surface area contributed by atoms with Gasteiger partial charge in [-0.25, -0.2) is 9.59 Å². The van der Waals surface area contributed by atoms with E-state index in [9.17, 15) is 13.8 Å². The van der Waals surface area contributed by atoms with E-state index >= 15 is 0 Å². The number of hydrogen-bond acceptors (Lipinski definition) is 4. The Hall–Kier alpha value is -0.760. The van der Waals surface area contributed by atoms with Crippen molar-refractivity contribution in [1.82, 2.24) is 10.2 Å². The molecule has 2 saturated heterocycles. The van der Waals surface area contributed by atoms with E-state index in [1.807, 2.05) is 6.92 Å². The zero-order valence-electron chi connectivity index (χ0n) is 10.7. The number of urea groups is 1. The summed E-state index contributed by atoms with van der Waals surface area (Å²) in [6.07, 6.45) is 1.40. The molecule has 0 aromatic heterocycles. The lowest BCUT2D eigenvalue weighted by Gasteiger charge is -2.29. The van der Waals surface area contributed by atoms with E-state index < -0.39 is 22.8 Å². The van der Waals surface area contributed by atoms with Crippen molar-refractivity contribution in [3.63, 3.8) is 0 Å². The first-order valence-electron chi connectivity index (χ1n) is 6.27. The van der Waals surface area contributed by atoms with Gasteiger partial charge in [-0.2, -0.15) is 0 Å². The van der Waals surface area contributed by atoms with Gasteiger partial charge in [-0.05, 0) is 19.8 Å². The van der Waals surface area contributed by atoms with Crippen LogP contribution in [0.1, 0.15) is 19.8 Å². The molecule has 2 fully saturated rings. The fourth-order valence-corrected chi connectivity index (χ4v) is 4.79. The molecule has 2 heterocycles. The van der Waals surface area contributed by atoms with Gasteiger partial charge >= 0.3 is 12.0 Å². The zero-order valence-corrected chi connectivity index (χ0v) is 12.3. The first-order chi connectivity index (χ1) is 8.99. The second-order valence-corrected chi connectivity index (χ2v) is 7.81. The number of carboxylic acid groups (broad SMARTS) is 1. The molecule has 2 atom stereocenters. The summed E-state index contributed by atoms with van der Waals surface area (Å²) < 4.78 is 11.3. The standard InChI is InChI=1S/C11H18N2O4S2/c1-7-13(9(6-18-7)10(14)15)11(16)12-8-2-4-19(17)5-3-8/h7-9H,2-6H2,1H3,(H,12,16)(H,14,15). The van der Waals surface area contributed by atoms with Crippen molar-refractivity contribution in [3.8, 4) is 0 Å². The summed E-state index contributed by atoms with van der Waals surface area (Å²) in [5, 5.41) is 11.9. The highest BCUT2D eigenvalue weighted by molar-refractivity contribution is 8.00. The zero-order chi connectivity index (χ0) is 14.0. The van der Waals surface area contributed by atoms with Gasteiger partial charge in [-0.3, -0.25) is 9.11 Å². The second-order valence-electron chi connectivity index (χ2n) is 4.77. The molecule has 6 nitrogen and oxygen atoms in total. The summed E-state index contributed by atoms with van der Waals surface area (Å²) >= 11 is 1.47. The molecule has 0 aromatic carbocycles. The molecule has 0 bridgehead atoms. The molecule has 108 valence electrons. The van der Waals surface area contributed by atoms with Crippen LogP contribution in [0.3, 0.4) is 0 Å². The van der Waals surface area contributed by atoms with E-state index in [4.69, 9.17) is 5.11 Å². The predicted molar refractivity (Wildman–Crippen MR) is 74.6 cm³/mol. The van der Waals surface area contributed by atoms with E-state index in [0.717, 1.165) is 0 Å². The molecule has 19 heavy (non-hydrogen) atoms. The highest BCUT2D eigenvalue weighted by atomic mass is 32.2. The van der Waals surface area contributed by atoms with Crippen molar-refractivity contribution in [3.05, 3.63) is 0 Å². The van der Waals surface area contributed by atoms with E-state index in [0.29, 0.717) is 30.1 Å². The number of thioether (sulfide) groups is 1. The number of nitrogens with one attached hydrogen (secondary N) is 1. The average Bonchev–Trinajstić information content (AvgIpc) is 2.74. The molecular weight excluding hydrogens is 288 g/mol. The number of rotatable bonds is 2. The lowest BCUT2D eigenvalue weighted by Crippen LogP contribution is -2.52. The molecule has 2 N–H and O–H groups in total. The monoisotopic (exact) mass is 306 g/mol. The fraction of sp³-hybridized carbons (Fsp3) is 0.818. The van der Waals surface area contributed by atoms with Gasteiger partial charge in [-0.1, -0.05) is 0 Å². The van der Waals surface area contributed by atoms with Crippen LogP contribution in [0.25, 0.3) is 0 Å². The molecule has 2 unspecified atom stereocenters. The summed E-state index contributed by atoms with van der Waals surface area (Å²) in [5.74, 6) is 0.685. The van der Waals surface area contributed by atoms with Crippen molar-refractivity contribution >= 4 is 34.6 Å². The van der Waals surface area contributed by atoms with Crippen LogP contribution < -0.4 is 5.32 Å². The van der Waals surface area contributed by atoms with Gasteiger partial charge < -0.3 is 10.4 Å². The van der Waals surface area contributed by atoms with Gasteiger partial charge in [0.05, 0.1) is 5.37 Å². The van der Waals surface area contributed by atoms with Crippen LogP contribution in [0, 0.1) is 0 Å². The van der Waals surface area contributed by atoms with Crippen molar-refractivity contribution in [2.75, 3.05) is 17.3 Å². The highest BCUT2D eigenvalue weighted by Gasteiger charge is 2.40. The molecule has 8 heteroatoms. The predicted octanol–water partition coefficient (Wildman–Crippen LogP) is 0.455. The summed E-state index contributed by atoms with van der Waals surface area (Å²) in [5.41, 5.74) is 0. The van der Waals surface area contributed by atoms with Gasteiger partial charge in [0.1, 0.15) is 6.04 Å². The second kappa shape index (κ2) is 6.13. The minimum Gasteiger partial charge on any atom is -0.480 e. The SMILES string of the molecule is CC1SCC(C(=O)O)N1C(=O)NC1CCS(=O)CC1. The molecular formula is C11H18N2O4S2. The Morgan fingerprint density at radius 1 is 1.37 bits per heavy atom. The van der Waals surface area contributed by atoms with Gasteiger partial charge in [0.2, 0.25) is 0 Å². The fourth-order valence-electron chi connectivity index (χ4n) is 2.33. The van der Waals surface area contributed by atoms with Crippen LogP contribution >= 0.6 is 11.8 Å². The Bertz CT molecular complexity index is 394. The maximum Gasteiger partial charge on any atom is 0.327 e. The largest absolute Gasteiger partial charge is 0.480 e. The Labute approximate surface area is 118 Å². The summed E-state index contributed by atoms with van der Waals surface area (Å²) in [7, 11) is -0.762. The van der Waals surface area contributed by atoms with Crippen LogP contribution in [0.15, 0.2) is 0 Å². The van der Waals surface area contributed by atoms with Crippen LogP contribution in [0.2, 0.25) is 0 Å². The molecule has 2 rings (SSSR count). The van der Waals surface area contributed by atoms with E-state index in [1.54, 1.807) is 0 Å². The topological polar surface area (TPSA) is 86.7 Å². The molecule has 0 aliphatic carbocycles. The van der Waals surface area contributed by atoms with Crippen LogP contribution in [0.4, 0.5) is 4.79 Å². The van der Waals surface area contributed by atoms with Gasteiger partial charge in [0.15, 0.2) is 0 Å². The average molecular weight is 306 g/mol. The molecule has 0 radical (unpaired) electrons. The summed E-state index contributed by atoms with van der Waals surface area (Å²) in [4.78, 5) is 24.7. The summed E-state index contributed by atoms with van der Waals surface area (Å²) in [6, 6.07) is -1.06. The first-order valence-corrected chi connectivity index (χ1v) is 8.81. The molecule has 0 spiro atoms. The minimum absolute atomic E-state index is 0.0115. The number of carboxylic acids is 1. The minimum atomic E-state index is -0.961. The van der Waals surface area contributed by atoms with Crippen LogP contribution in [0.5, 0.6) is 0 Å². The Morgan fingerprint density at radius 2 is 2.00 bits per heavy atom. The van der Waals surface area contributed by atoms with Crippen LogP contribution in [-0.4, -0.2) is 60.9 Å². The number of aliphatic carboxylic acids is 1. The Morgan fingerprint density at radius 3 is 2.58 bits per heavy atom. The Balaban J connectivity index is 1.94. The molecule has 2 aliphatic rings. The lowest BCUT2D eigenvalue weighted by atomic mass is 10.1. The van der Waals surface area contributed by atoms with Gasteiger partial charge in [0.25, 0.3) is 0 Å². The van der Waals surface area contributed by atoms with Crippen molar-refractivity contribution in [2.45, 2.75) is 37.2 Å². The van der Waals surface area contributed by atoms with Crippen LogP contribution in [-0.2, 0) is 15.6 Å². The third-order valence-electron chi connectivity index (χ3n) is 3.46. The third-order valence-corrected chi connectivity index (χ3v) is 6.06. The maximum atomic E-state index is 12.2. The molecule has 0 aromatic rings.